The zero-order valence-corrected chi connectivity index (χ0v) is 15.4. The van der Waals surface area contributed by atoms with E-state index in [1.165, 1.54) is 12.1 Å². The quantitative estimate of drug-likeness (QED) is 0.670. The fourth-order valence-electron chi connectivity index (χ4n) is 3.40. The van der Waals surface area contributed by atoms with Crippen LogP contribution in [0.3, 0.4) is 0 Å². The number of furan rings is 1. The molecule has 1 aliphatic heterocycles. The first-order chi connectivity index (χ1) is 13.5. The van der Waals surface area contributed by atoms with Crippen LogP contribution < -0.4 is 5.43 Å². The molecule has 1 saturated heterocycles. The van der Waals surface area contributed by atoms with E-state index in [2.05, 4.69) is 0 Å². The first kappa shape index (κ1) is 18.4. The molecule has 1 aliphatic rings. The van der Waals surface area contributed by atoms with E-state index < -0.39 is 17.2 Å². The number of aryl methyl sites for hydroxylation is 1. The summed E-state index contributed by atoms with van der Waals surface area (Å²) in [5.74, 6) is 0.318. The van der Waals surface area contributed by atoms with Gasteiger partial charge in [0.1, 0.15) is 22.9 Å². The molecule has 4 rings (SSSR count). The minimum absolute atomic E-state index is 0.0683. The maximum atomic E-state index is 13.4. The minimum Gasteiger partial charge on any atom is -0.464 e. The van der Waals surface area contributed by atoms with Crippen LogP contribution in [0.5, 0.6) is 0 Å². The van der Waals surface area contributed by atoms with Crippen molar-refractivity contribution in [3.05, 3.63) is 69.7 Å². The Bertz CT molecular complexity index is 1060. The highest BCUT2D eigenvalue weighted by Crippen LogP contribution is 2.20. The first-order valence-electron chi connectivity index (χ1n) is 9.19. The highest BCUT2D eigenvalue weighted by Gasteiger charge is 2.26. The van der Waals surface area contributed by atoms with Crippen molar-refractivity contribution < 1.29 is 22.8 Å². The van der Waals surface area contributed by atoms with Crippen molar-refractivity contribution in [3.8, 4) is 0 Å². The maximum Gasteiger partial charge on any atom is 0.290 e. The van der Waals surface area contributed by atoms with Crippen LogP contribution in [0.1, 0.15) is 34.9 Å². The number of fused-ring (bicyclic) bond motifs is 1. The van der Waals surface area contributed by atoms with Crippen molar-refractivity contribution >= 4 is 16.9 Å². The van der Waals surface area contributed by atoms with E-state index in [1.54, 1.807) is 4.90 Å². The summed E-state index contributed by atoms with van der Waals surface area (Å²) in [6.45, 7) is 3.10. The van der Waals surface area contributed by atoms with Gasteiger partial charge in [-0.25, -0.2) is 4.39 Å². The first-order valence-corrected chi connectivity index (χ1v) is 9.19. The van der Waals surface area contributed by atoms with Gasteiger partial charge < -0.3 is 18.5 Å². The van der Waals surface area contributed by atoms with Crippen LogP contribution in [-0.4, -0.2) is 30.1 Å². The Morgan fingerprint density at radius 2 is 2.07 bits per heavy atom. The average Bonchev–Trinajstić information content (AvgIpc) is 3.33. The fraction of sp³-hybridized carbons (Fsp3) is 0.333. The lowest BCUT2D eigenvalue weighted by Gasteiger charge is -2.24. The van der Waals surface area contributed by atoms with Gasteiger partial charge in [0.2, 0.25) is 0 Å². The van der Waals surface area contributed by atoms with Crippen molar-refractivity contribution in [3.63, 3.8) is 0 Å². The monoisotopic (exact) mass is 385 g/mol. The van der Waals surface area contributed by atoms with Gasteiger partial charge in [0.05, 0.1) is 18.0 Å². The lowest BCUT2D eigenvalue weighted by Crippen LogP contribution is -2.37. The van der Waals surface area contributed by atoms with Gasteiger partial charge in [-0.05, 0) is 50.1 Å². The smallest absolute Gasteiger partial charge is 0.290 e. The van der Waals surface area contributed by atoms with Gasteiger partial charge in [-0.1, -0.05) is 0 Å². The molecule has 0 saturated carbocycles. The second kappa shape index (κ2) is 7.59. The Hall–Kier alpha value is -2.93. The number of hydrogen-bond donors (Lipinski definition) is 0. The molecule has 2 aromatic heterocycles. The number of carbonyl (C=O) groups is 1. The normalized spacial score (nSPS) is 16.6. The molecular formula is C21H20FNO5. The molecule has 1 fully saturated rings. The van der Waals surface area contributed by atoms with Crippen LogP contribution in [0.2, 0.25) is 0 Å². The zero-order chi connectivity index (χ0) is 19.7. The molecule has 0 radical (unpaired) electrons. The molecule has 1 atom stereocenters. The Balaban J connectivity index is 1.66. The second-order valence-corrected chi connectivity index (χ2v) is 6.95. The predicted molar refractivity (Wildman–Crippen MR) is 99.6 cm³/mol. The molecule has 0 spiro atoms. The van der Waals surface area contributed by atoms with Gasteiger partial charge in [-0.3, -0.25) is 9.59 Å². The summed E-state index contributed by atoms with van der Waals surface area (Å²) < 4.78 is 30.3. The second-order valence-electron chi connectivity index (χ2n) is 6.95. The fourth-order valence-corrected chi connectivity index (χ4v) is 3.40. The third kappa shape index (κ3) is 3.84. The predicted octanol–water partition coefficient (Wildman–Crippen LogP) is 3.65. The number of benzene rings is 1. The number of ether oxygens (including phenoxy) is 1. The third-order valence-electron chi connectivity index (χ3n) is 4.78. The van der Waals surface area contributed by atoms with E-state index in [0.717, 1.165) is 30.7 Å². The molecular weight excluding hydrogens is 365 g/mol. The van der Waals surface area contributed by atoms with Crippen molar-refractivity contribution in [1.29, 1.82) is 0 Å². The summed E-state index contributed by atoms with van der Waals surface area (Å²) in [6, 6.07) is 8.39. The van der Waals surface area contributed by atoms with E-state index in [0.29, 0.717) is 18.9 Å². The topological polar surface area (TPSA) is 72.9 Å². The van der Waals surface area contributed by atoms with Gasteiger partial charge in [0.15, 0.2) is 11.2 Å². The number of nitrogens with zero attached hydrogens (tertiary/aromatic N) is 1. The van der Waals surface area contributed by atoms with Crippen molar-refractivity contribution in [2.45, 2.75) is 32.4 Å². The lowest BCUT2D eigenvalue weighted by molar-refractivity contribution is 0.0468. The molecule has 0 unspecified atom stereocenters. The van der Waals surface area contributed by atoms with E-state index in [-0.39, 0.29) is 29.4 Å². The molecule has 0 aliphatic carbocycles. The van der Waals surface area contributed by atoms with Crippen molar-refractivity contribution in [2.75, 3.05) is 13.2 Å². The summed E-state index contributed by atoms with van der Waals surface area (Å²) in [7, 11) is 0. The van der Waals surface area contributed by atoms with Crippen LogP contribution in [0.4, 0.5) is 4.39 Å². The van der Waals surface area contributed by atoms with Crippen molar-refractivity contribution in [2.24, 2.45) is 0 Å². The van der Waals surface area contributed by atoms with Gasteiger partial charge in [0.25, 0.3) is 5.91 Å². The van der Waals surface area contributed by atoms with Crippen LogP contribution in [0.25, 0.3) is 11.0 Å². The van der Waals surface area contributed by atoms with Gasteiger partial charge in [-0.15, -0.1) is 0 Å². The highest BCUT2D eigenvalue weighted by atomic mass is 19.1. The van der Waals surface area contributed by atoms with Gasteiger partial charge in [0, 0.05) is 19.2 Å². The Morgan fingerprint density at radius 3 is 2.79 bits per heavy atom. The molecule has 6 nitrogen and oxygen atoms in total. The summed E-state index contributed by atoms with van der Waals surface area (Å²) in [6.07, 6.45) is 1.74. The average molecular weight is 385 g/mol. The molecule has 146 valence electrons. The highest BCUT2D eigenvalue weighted by molar-refractivity contribution is 5.93. The molecule has 1 aromatic carbocycles. The number of rotatable bonds is 5. The number of halogens is 1. The van der Waals surface area contributed by atoms with Crippen LogP contribution in [0, 0.1) is 12.7 Å². The summed E-state index contributed by atoms with van der Waals surface area (Å²) in [5.41, 5.74) is -0.293. The SMILES string of the molecule is Cc1ccc(CN(C[C@@H]2CCCO2)C(=O)c2cc(=O)c3cc(F)ccc3o2)o1. The number of hydrogen-bond acceptors (Lipinski definition) is 5. The standard InChI is InChI=1S/C21H20FNO5/c1-13-4-6-16(27-13)12-23(11-15-3-2-8-26-15)21(25)20-10-18(24)17-9-14(22)5-7-19(17)28-20/h4-7,9-10,15H,2-3,8,11-12H2,1H3/t15-/m0/s1. The summed E-state index contributed by atoms with van der Waals surface area (Å²) in [4.78, 5) is 27.0. The molecule has 28 heavy (non-hydrogen) atoms. The van der Waals surface area contributed by atoms with E-state index in [4.69, 9.17) is 13.6 Å². The van der Waals surface area contributed by atoms with E-state index >= 15 is 0 Å². The van der Waals surface area contributed by atoms with Crippen LogP contribution >= 0.6 is 0 Å². The largest absolute Gasteiger partial charge is 0.464 e. The maximum absolute atomic E-state index is 13.4. The Kier molecular flexibility index (Phi) is 5.00. The Labute approximate surface area is 160 Å². The molecule has 3 heterocycles. The van der Waals surface area contributed by atoms with E-state index in [1.807, 2.05) is 19.1 Å². The van der Waals surface area contributed by atoms with E-state index in [9.17, 15) is 14.0 Å². The van der Waals surface area contributed by atoms with Gasteiger partial charge in [-0.2, -0.15) is 0 Å². The Morgan fingerprint density at radius 1 is 1.21 bits per heavy atom. The molecule has 7 heteroatoms. The minimum atomic E-state index is -0.535. The van der Waals surface area contributed by atoms with Crippen molar-refractivity contribution in [1.82, 2.24) is 4.90 Å². The molecule has 3 aromatic rings. The number of amides is 1. The van der Waals surface area contributed by atoms with Crippen LogP contribution in [-0.2, 0) is 11.3 Å². The molecule has 1 amide bonds. The molecule has 0 N–H and O–H groups in total. The van der Waals surface area contributed by atoms with Crippen LogP contribution in [0.15, 0.2) is 50.0 Å². The summed E-state index contributed by atoms with van der Waals surface area (Å²) in [5, 5.41) is 0.101. The molecule has 0 bridgehead atoms. The summed E-state index contributed by atoms with van der Waals surface area (Å²) >= 11 is 0. The number of carbonyl (C=O) groups excluding carboxylic acids is 1. The lowest BCUT2D eigenvalue weighted by atomic mass is 10.2. The third-order valence-corrected chi connectivity index (χ3v) is 4.78. The zero-order valence-electron chi connectivity index (χ0n) is 15.4. The van der Waals surface area contributed by atoms with Gasteiger partial charge >= 0.3 is 0 Å².